The van der Waals surface area contributed by atoms with Crippen LogP contribution in [0.25, 0.3) is 0 Å². The first kappa shape index (κ1) is 12.7. The highest BCUT2D eigenvalue weighted by atomic mass is 19.4. The van der Waals surface area contributed by atoms with Gasteiger partial charge in [0.15, 0.2) is 0 Å². The van der Waals surface area contributed by atoms with Gasteiger partial charge in [-0.05, 0) is 37.5 Å². The van der Waals surface area contributed by atoms with Crippen LogP contribution in [-0.2, 0) is 17.5 Å². The summed E-state index contributed by atoms with van der Waals surface area (Å²) in [4.78, 5) is 0. The van der Waals surface area contributed by atoms with Crippen molar-refractivity contribution in [1.29, 1.82) is 0 Å². The van der Waals surface area contributed by atoms with Crippen LogP contribution in [0.4, 0.5) is 13.2 Å². The van der Waals surface area contributed by atoms with Crippen molar-refractivity contribution in [1.82, 2.24) is 9.78 Å². The van der Waals surface area contributed by atoms with Gasteiger partial charge in [-0.25, -0.2) is 0 Å². The smallest absolute Gasteiger partial charge is 0.378 e. The Labute approximate surface area is 115 Å². The summed E-state index contributed by atoms with van der Waals surface area (Å²) in [7, 11) is 1.71. The van der Waals surface area contributed by atoms with E-state index in [-0.39, 0.29) is 22.6 Å². The maximum absolute atomic E-state index is 13.0. The second-order valence-corrected chi connectivity index (χ2v) is 6.82. The molecule has 0 unspecified atom stereocenters. The van der Waals surface area contributed by atoms with Crippen LogP contribution >= 0.6 is 0 Å². The molecule has 5 rings (SSSR count). The van der Waals surface area contributed by atoms with Gasteiger partial charge in [0.2, 0.25) is 0 Å². The molecular formula is C14H17F3N2O. The highest BCUT2D eigenvalue weighted by Gasteiger charge is 2.68. The molecule has 0 atom stereocenters. The molecule has 2 bridgehead atoms. The standard InChI is InChI=1S/C14H17F3N2O/c1-20-13-5-12(6-13,7-13)8-19-4-10(14(15,16)17)11(18-19)9-2-3-9/h4,9H,2-3,5-8H2,1H3. The van der Waals surface area contributed by atoms with Gasteiger partial charge < -0.3 is 4.74 Å². The van der Waals surface area contributed by atoms with Crippen molar-refractivity contribution in [3.05, 3.63) is 17.5 Å². The normalized spacial score (nSPS) is 35.6. The zero-order valence-corrected chi connectivity index (χ0v) is 11.3. The number of hydrogen-bond donors (Lipinski definition) is 0. The predicted molar refractivity (Wildman–Crippen MR) is 65.2 cm³/mol. The SMILES string of the molecule is COC12CC(Cn3cc(C(F)(F)F)c(C4CC4)n3)(C1)C2. The summed E-state index contributed by atoms with van der Waals surface area (Å²) in [5.74, 6) is 0.0196. The van der Waals surface area contributed by atoms with Crippen molar-refractivity contribution >= 4 is 0 Å². The Hall–Kier alpha value is -1.04. The van der Waals surface area contributed by atoms with Crippen molar-refractivity contribution in [2.75, 3.05) is 7.11 Å². The molecule has 0 radical (unpaired) electrons. The van der Waals surface area contributed by atoms with Crippen molar-refractivity contribution in [3.8, 4) is 0 Å². The molecule has 1 aromatic heterocycles. The largest absolute Gasteiger partial charge is 0.419 e. The van der Waals surface area contributed by atoms with E-state index in [0.717, 1.165) is 32.1 Å². The van der Waals surface area contributed by atoms with Gasteiger partial charge >= 0.3 is 6.18 Å². The van der Waals surface area contributed by atoms with Crippen LogP contribution in [0, 0.1) is 5.41 Å². The van der Waals surface area contributed by atoms with Gasteiger partial charge in [0.05, 0.1) is 16.9 Å². The average Bonchev–Trinajstić information content (AvgIpc) is 3.01. The lowest BCUT2D eigenvalue weighted by molar-refractivity contribution is -0.280. The van der Waals surface area contributed by atoms with E-state index >= 15 is 0 Å². The van der Waals surface area contributed by atoms with Crippen molar-refractivity contribution < 1.29 is 17.9 Å². The van der Waals surface area contributed by atoms with Crippen LogP contribution in [0.3, 0.4) is 0 Å². The molecule has 0 N–H and O–H groups in total. The fourth-order valence-electron chi connectivity index (χ4n) is 4.02. The number of rotatable bonds is 4. The molecule has 20 heavy (non-hydrogen) atoms. The van der Waals surface area contributed by atoms with E-state index in [1.807, 2.05) is 0 Å². The molecule has 1 heterocycles. The van der Waals surface area contributed by atoms with E-state index in [1.165, 1.54) is 10.9 Å². The predicted octanol–water partition coefficient (Wildman–Crippen LogP) is 3.35. The van der Waals surface area contributed by atoms with Crippen LogP contribution in [0.2, 0.25) is 0 Å². The number of methoxy groups -OCH3 is 1. The summed E-state index contributed by atoms with van der Waals surface area (Å²) in [5.41, 5.74) is -0.121. The monoisotopic (exact) mass is 286 g/mol. The zero-order chi connectivity index (χ0) is 14.2. The molecule has 1 aromatic rings. The minimum atomic E-state index is -4.29. The summed E-state index contributed by atoms with van der Waals surface area (Å²) < 4.78 is 46.0. The number of nitrogens with zero attached hydrogens (tertiary/aromatic N) is 2. The molecule has 4 aliphatic carbocycles. The Morgan fingerprint density at radius 1 is 1.35 bits per heavy atom. The van der Waals surface area contributed by atoms with Gasteiger partial charge in [-0.3, -0.25) is 4.68 Å². The summed E-state index contributed by atoms with van der Waals surface area (Å²) in [6, 6.07) is 0. The fraction of sp³-hybridized carbons (Fsp3) is 0.786. The lowest BCUT2D eigenvalue weighted by atomic mass is 9.41. The van der Waals surface area contributed by atoms with E-state index in [2.05, 4.69) is 5.10 Å². The third-order valence-corrected chi connectivity index (χ3v) is 5.08. The summed E-state index contributed by atoms with van der Waals surface area (Å²) in [5, 5.41) is 4.23. The first-order chi connectivity index (χ1) is 9.35. The Bertz CT molecular complexity index is 539. The minimum Gasteiger partial charge on any atom is -0.378 e. The summed E-state index contributed by atoms with van der Waals surface area (Å²) in [6.45, 7) is 0.591. The molecular weight excluding hydrogens is 269 g/mol. The third-order valence-electron chi connectivity index (χ3n) is 5.08. The lowest BCUT2D eigenvalue weighted by Crippen LogP contribution is -2.69. The van der Waals surface area contributed by atoms with E-state index in [4.69, 9.17) is 4.74 Å². The molecule has 0 saturated heterocycles. The molecule has 4 fully saturated rings. The molecule has 0 spiro atoms. The quantitative estimate of drug-likeness (QED) is 0.848. The highest BCUT2D eigenvalue weighted by Crippen LogP contribution is 2.69. The van der Waals surface area contributed by atoms with Crippen LogP contribution in [0.15, 0.2) is 6.20 Å². The van der Waals surface area contributed by atoms with Gasteiger partial charge in [-0.2, -0.15) is 18.3 Å². The third kappa shape index (κ3) is 1.73. The minimum absolute atomic E-state index is 0.0196. The first-order valence-corrected chi connectivity index (χ1v) is 7.05. The summed E-state index contributed by atoms with van der Waals surface area (Å²) in [6.07, 6.45) is 1.44. The Balaban J connectivity index is 1.55. The maximum Gasteiger partial charge on any atom is 0.419 e. The molecule has 6 heteroatoms. The van der Waals surface area contributed by atoms with E-state index in [9.17, 15) is 13.2 Å². The fourth-order valence-corrected chi connectivity index (χ4v) is 4.02. The lowest BCUT2D eigenvalue weighted by Gasteiger charge is -2.69. The zero-order valence-electron chi connectivity index (χ0n) is 11.3. The van der Waals surface area contributed by atoms with E-state index in [0.29, 0.717) is 6.54 Å². The Kier molecular flexibility index (Phi) is 2.27. The highest BCUT2D eigenvalue weighted by molar-refractivity contribution is 5.28. The number of halogens is 3. The van der Waals surface area contributed by atoms with Crippen LogP contribution < -0.4 is 0 Å². The molecule has 4 saturated carbocycles. The van der Waals surface area contributed by atoms with Crippen molar-refractivity contribution in [2.45, 2.75) is 56.3 Å². The number of hydrogen-bond acceptors (Lipinski definition) is 2. The molecule has 3 nitrogen and oxygen atoms in total. The molecule has 0 aliphatic heterocycles. The number of alkyl halides is 3. The van der Waals surface area contributed by atoms with E-state index < -0.39 is 11.7 Å². The van der Waals surface area contributed by atoms with Gasteiger partial charge in [0.1, 0.15) is 0 Å². The first-order valence-electron chi connectivity index (χ1n) is 7.05. The average molecular weight is 286 g/mol. The van der Waals surface area contributed by atoms with Gasteiger partial charge in [-0.15, -0.1) is 0 Å². The van der Waals surface area contributed by atoms with Crippen LogP contribution in [-0.4, -0.2) is 22.5 Å². The van der Waals surface area contributed by atoms with Crippen LogP contribution in [0.1, 0.15) is 49.3 Å². The Morgan fingerprint density at radius 3 is 2.50 bits per heavy atom. The van der Waals surface area contributed by atoms with Crippen molar-refractivity contribution in [3.63, 3.8) is 0 Å². The number of aromatic nitrogens is 2. The molecule has 0 amide bonds. The van der Waals surface area contributed by atoms with Gasteiger partial charge in [0, 0.05) is 25.8 Å². The van der Waals surface area contributed by atoms with Gasteiger partial charge in [-0.1, -0.05) is 0 Å². The second-order valence-electron chi connectivity index (χ2n) is 6.82. The second kappa shape index (κ2) is 3.59. The topological polar surface area (TPSA) is 27.1 Å². The van der Waals surface area contributed by atoms with Crippen LogP contribution in [0.5, 0.6) is 0 Å². The number of ether oxygens (including phenoxy) is 1. The maximum atomic E-state index is 13.0. The van der Waals surface area contributed by atoms with Gasteiger partial charge in [0.25, 0.3) is 0 Å². The van der Waals surface area contributed by atoms with Crippen molar-refractivity contribution in [2.24, 2.45) is 5.41 Å². The Morgan fingerprint density at radius 2 is 2.00 bits per heavy atom. The van der Waals surface area contributed by atoms with E-state index in [1.54, 1.807) is 7.11 Å². The molecule has 110 valence electrons. The molecule has 0 aromatic carbocycles. The molecule has 4 aliphatic rings. The summed E-state index contributed by atoms with van der Waals surface area (Å²) >= 11 is 0.